The average molecular weight is 581 g/mol. The van der Waals surface area contributed by atoms with Gasteiger partial charge in [-0.05, 0) is 49.4 Å². The minimum absolute atomic E-state index is 0.0512. The van der Waals surface area contributed by atoms with Crippen molar-refractivity contribution < 1.29 is 27.9 Å². The van der Waals surface area contributed by atoms with Crippen molar-refractivity contribution in [2.45, 2.75) is 37.3 Å². The van der Waals surface area contributed by atoms with Crippen LogP contribution in [0.15, 0.2) is 83.8 Å². The Bertz CT molecular complexity index is 1450. The third-order valence-electron chi connectivity index (χ3n) is 7.05. The standard InChI is InChI=1S/C30H36N4O6S/c1-21-18-34(22(2)20-35)29(36)17-23-16-25(32-41(38,39)26-12-8-5-9-13-26)14-15-27(23)40-28(21)19-33(3)30(37)31-24-10-6-4-7-11-24/h4-16,21-22,28,32,35H,17-20H2,1-3H3,(H,31,37)/t21-,22+,28+/m1/s1. The summed E-state index contributed by atoms with van der Waals surface area (Å²) in [5, 5.41) is 12.7. The number of carbonyl (C=O) groups excluding carboxylic acids is 2. The molecule has 0 fully saturated rings. The number of likely N-dealkylation sites (N-methyl/N-ethyl adjacent to an activating group) is 1. The molecule has 0 radical (unpaired) electrons. The maximum Gasteiger partial charge on any atom is 0.321 e. The molecule has 218 valence electrons. The fourth-order valence-corrected chi connectivity index (χ4v) is 5.69. The summed E-state index contributed by atoms with van der Waals surface area (Å²) in [6.07, 6.45) is -0.559. The molecule has 3 aromatic rings. The first-order valence-electron chi connectivity index (χ1n) is 13.4. The number of hydrogen-bond donors (Lipinski definition) is 3. The van der Waals surface area contributed by atoms with E-state index >= 15 is 0 Å². The maximum atomic E-state index is 13.4. The fraction of sp³-hybridized carbons (Fsp3) is 0.333. The lowest BCUT2D eigenvalue weighted by Gasteiger charge is -2.34. The van der Waals surface area contributed by atoms with E-state index in [-0.39, 0.29) is 48.0 Å². The lowest BCUT2D eigenvalue weighted by atomic mass is 10.0. The number of nitrogens with zero attached hydrogens (tertiary/aromatic N) is 2. The smallest absolute Gasteiger partial charge is 0.321 e. The number of benzene rings is 3. The summed E-state index contributed by atoms with van der Waals surface area (Å²) in [5.74, 6) is -0.00231. The third kappa shape index (κ3) is 7.56. The zero-order valence-corrected chi connectivity index (χ0v) is 24.2. The number of aliphatic hydroxyl groups excluding tert-OH is 1. The van der Waals surface area contributed by atoms with Gasteiger partial charge in [0.2, 0.25) is 5.91 Å². The van der Waals surface area contributed by atoms with E-state index in [0.29, 0.717) is 23.5 Å². The molecule has 10 nitrogen and oxygen atoms in total. The molecule has 41 heavy (non-hydrogen) atoms. The number of rotatable bonds is 8. The van der Waals surface area contributed by atoms with Crippen molar-refractivity contribution in [2.24, 2.45) is 5.92 Å². The van der Waals surface area contributed by atoms with Crippen LogP contribution in [0.5, 0.6) is 5.75 Å². The highest BCUT2D eigenvalue weighted by Gasteiger charge is 2.32. The summed E-state index contributed by atoms with van der Waals surface area (Å²) in [6, 6.07) is 21.2. The molecule has 0 saturated heterocycles. The van der Waals surface area contributed by atoms with Crippen molar-refractivity contribution in [3.8, 4) is 5.75 Å². The van der Waals surface area contributed by atoms with Crippen LogP contribution in [0.2, 0.25) is 0 Å². The first-order chi connectivity index (χ1) is 19.6. The largest absolute Gasteiger partial charge is 0.488 e. The number of hydrogen-bond acceptors (Lipinski definition) is 6. The summed E-state index contributed by atoms with van der Waals surface area (Å²) in [7, 11) is -2.18. The molecule has 3 atom stereocenters. The van der Waals surface area contributed by atoms with Crippen molar-refractivity contribution in [3.63, 3.8) is 0 Å². The van der Waals surface area contributed by atoms with Crippen LogP contribution in [-0.2, 0) is 21.2 Å². The predicted molar refractivity (Wildman–Crippen MR) is 157 cm³/mol. The molecule has 0 bridgehead atoms. The molecule has 0 saturated carbocycles. The monoisotopic (exact) mass is 580 g/mol. The number of para-hydroxylation sites is 1. The lowest BCUT2D eigenvalue weighted by molar-refractivity contribution is -0.134. The van der Waals surface area contributed by atoms with Crippen LogP contribution in [-0.4, -0.2) is 74.2 Å². The molecular formula is C30H36N4O6S. The number of aliphatic hydroxyl groups is 1. The molecule has 0 unspecified atom stereocenters. The molecule has 1 aliphatic heterocycles. The second-order valence-electron chi connectivity index (χ2n) is 10.3. The van der Waals surface area contributed by atoms with E-state index in [4.69, 9.17) is 4.74 Å². The first-order valence-corrected chi connectivity index (χ1v) is 14.9. The number of ether oxygens (including phenoxy) is 1. The van der Waals surface area contributed by atoms with E-state index < -0.39 is 22.2 Å². The number of anilines is 2. The van der Waals surface area contributed by atoms with Gasteiger partial charge in [0.05, 0.1) is 30.5 Å². The Morgan fingerprint density at radius 3 is 2.39 bits per heavy atom. The summed E-state index contributed by atoms with van der Waals surface area (Å²) < 4.78 is 34.8. The quantitative estimate of drug-likeness (QED) is 0.372. The molecule has 3 amide bonds. The van der Waals surface area contributed by atoms with E-state index in [1.54, 1.807) is 67.4 Å². The van der Waals surface area contributed by atoms with Crippen LogP contribution < -0.4 is 14.8 Å². The minimum atomic E-state index is -3.85. The van der Waals surface area contributed by atoms with Crippen molar-refractivity contribution >= 4 is 33.3 Å². The molecular weight excluding hydrogens is 544 g/mol. The van der Waals surface area contributed by atoms with Gasteiger partial charge in [0, 0.05) is 36.4 Å². The number of sulfonamides is 1. The Balaban J connectivity index is 1.62. The molecule has 0 aliphatic carbocycles. The lowest BCUT2D eigenvalue weighted by Crippen LogP contribution is -2.48. The highest BCUT2D eigenvalue weighted by molar-refractivity contribution is 7.92. The van der Waals surface area contributed by atoms with Crippen molar-refractivity contribution in [3.05, 3.63) is 84.4 Å². The predicted octanol–water partition coefficient (Wildman–Crippen LogP) is 3.80. The van der Waals surface area contributed by atoms with Gasteiger partial charge >= 0.3 is 6.03 Å². The van der Waals surface area contributed by atoms with Crippen LogP contribution in [0.4, 0.5) is 16.2 Å². The van der Waals surface area contributed by atoms with E-state index in [1.165, 1.54) is 17.0 Å². The van der Waals surface area contributed by atoms with Gasteiger partial charge in [-0.2, -0.15) is 0 Å². The molecule has 1 heterocycles. The van der Waals surface area contributed by atoms with Gasteiger partial charge in [-0.1, -0.05) is 43.3 Å². The number of carbonyl (C=O) groups is 2. The van der Waals surface area contributed by atoms with Crippen LogP contribution in [0, 0.1) is 5.92 Å². The molecule has 11 heteroatoms. The summed E-state index contributed by atoms with van der Waals surface area (Å²) in [4.78, 5) is 29.6. The molecule has 0 spiro atoms. The summed E-state index contributed by atoms with van der Waals surface area (Å²) >= 11 is 0. The van der Waals surface area contributed by atoms with Crippen LogP contribution >= 0.6 is 0 Å². The molecule has 1 aliphatic rings. The van der Waals surface area contributed by atoms with E-state index in [2.05, 4.69) is 10.0 Å². The fourth-order valence-electron chi connectivity index (χ4n) is 4.62. The highest BCUT2D eigenvalue weighted by atomic mass is 32.2. The van der Waals surface area contributed by atoms with Gasteiger partial charge in [0.1, 0.15) is 11.9 Å². The second-order valence-corrected chi connectivity index (χ2v) is 12.0. The second kappa shape index (κ2) is 13.0. The SMILES string of the molecule is C[C@@H]1CN([C@@H](C)CO)C(=O)Cc2cc(NS(=O)(=O)c3ccccc3)ccc2O[C@H]1CN(C)C(=O)Nc1ccccc1. The zero-order valence-electron chi connectivity index (χ0n) is 23.4. The first kappa shape index (κ1) is 29.9. The Labute approximate surface area is 241 Å². The van der Waals surface area contributed by atoms with Gasteiger partial charge in [-0.15, -0.1) is 0 Å². The van der Waals surface area contributed by atoms with Gasteiger partial charge in [0.15, 0.2) is 0 Å². The minimum Gasteiger partial charge on any atom is -0.488 e. The van der Waals surface area contributed by atoms with E-state index in [0.717, 1.165) is 0 Å². The summed E-state index contributed by atoms with van der Waals surface area (Å²) in [5.41, 5.74) is 1.44. The number of amides is 3. The Morgan fingerprint density at radius 2 is 1.73 bits per heavy atom. The van der Waals surface area contributed by atoms with Crippen LogP contribution in [0.25, 0.3) is 0 Å². The molecule has 4 rings (SSSR count). The van der Waals surface area contributed by atoms with Crippen LogP contribution in [0.3, 0.4) is 0 Å². The number of fused-ring (bicyclic) bond motifs is 1. The summed E-state index contributed by atoms with van der Waals surface area (Å²) in [6.45, 7) is 4.01. The van der Waals surface area contributed by atoms with Gasteiger partial charge in [-0.25, -0.2) is 13.2 Å². The van der Waals surface area contributed by atoms with E-state index in [1.807, 2.05) is 25.1 Å². The zero-order chi connectivity index (χ0) is 29.6. The topological polar surface area (TPSA) is 128 Å². The Hall–Kier alpha value is -4.09. The maximum absolute atomic E-state index is 13.4. The normalized spacial score (nSPS) is 18.1. The van der Waals surface area contributed by atoms with Gasteiger partial charge in [-0.3, -0.25) is 9.52 Å². The Kier molecular flexibility index (Phi) is 9.51. The molecule has 3 N–H and O–H groups in total. The number of urea groups is 1. The molecule has 3 aromatic carbocycles. The Morgan fingerprint density at radius 1 is 1.07 bits per heavy atom. The molecule has 0 aromatic heterocycles. The van der Waals surface area contributed by atoms with E-state index in [9.17, 15) is 23.1 Å². The van der Waals surface area contributed by atoms with Crippen molar-refractivity contribution in [1.82, 2.24) is 9.80 Å². The number of nitrogens with one attached hydrogen (secondary N) is 2. The highest BCUT2D eigenvalue weighted by Crippen LogP contribution is 2.30. The average Bonchev–Trinajstić information content (AvgIpc) is 3.01. The van der Waals surface area contributed by atoms with Crippen molar-refractivity contribution in [2.75, 3.05) is 36.8 Å². The van der Waals surface area contributed by atoms with Crippen molar-refractivity contribution in [1.29, 1.82) is 0 Å². The van der Waals surface area contributed by atoms with Gasteiger partial charge in [0.25, 0.3) is 10.0 Å². The van der Waals surface area contributed by atoms with Crippen LogP contribution in [0.1, 0.15) is 19.4 Å². The third-order valence-corrected chi connectivity index (χ3v) is 8.44. The van der Waals surface area contributed by atoms with Gasteiger partial charge < -0.3 is 25.0 Å².